The average molecular weight is 469 g/mol. The van der Waals surface area contributed by atoms with Gasteiger partial charge in [0.25, 0.3) is 10.1 Å². The van der Waals surface area contributed by atoms with Crippen LogP contribution in [0.4, 0.5) is 13.2 Å². The van der Waals surface area contributed by atoms with E-state index in [0.717, 1.165) is 5.56 Å². The predicted octanol–water partition coefficient (Wildman–Crippen LogP) is 6.88. The van der Waals surface area contributed by atoms with E-state index in [-0.39, 0.29) is 0 Å². The van der Waals surface area contributed by atoms with E-state index in [4.69, 9.17) is 3.63 Å². The lowest BCUT2D eigenvalue weighted by molar-refractivity contribution is -0.134. The maximum atomic E-state index is 13.0. The summed E-state index contributed by atoms with van der Waals surface area (Å²) in [6.45, 7) is 1.92. The summed E-state index contributed by atoms with van der Waals surface area (Å²) in [5, 5.41) is 0. The third kappa shape index (κ3) is 5.90. The minimum Gasteiger partial charge on any atom is -0.207 e. The molecule has 8 heteroatoms. The Balaban J connectivity index is 2.14. The van der Waals surface area contributed by atoms with Gasteiger partial charge in [0.05, 0.1) is 5.75 Å². The quantitative estimate of drug-likeness (QED) is 0.362. The summed E-state index contributed by atoms with van der Waals surface area (Å²) in [6, 6.07) is 25.3. The van der Waals surface area contributed by atoms with Crippen LogP contribution in [-0.4, -0.2) is 20.3 Å². The lowest BCUT2D eigenvalue weighted by Crippen LogP contribution is -2.18. The Bertz CT molecular complexity index is 1040. The van der Waals surface area contributed by atoms with Gasteiger partial charge in [0.1, 0.15) is 0 Å². The fourth-order valence-corrected chi connectivity index (χ4v) is 8.49. The minimum absolute atomic E-state index is 0.557. The van der Waals surface area contributed by atoms with Gasteiger partial charge in [0, 0.05) is 21.1 Å². The molecule has 3 nitrogen and oxygen atoms in total. The molecule has 0 unspecified atom stereocenters. The van der Waals surface area contributed by atoms with E-state index in [1.165, 1.54) is 0 Å². The molecule has 0 spiro atoms. The van der Waals surface area contributed by atoms with E-state index in [1.54, 1.807) is 48.5 Å². The van der Waals surface area contributed by atoms with Gasteiger partial charge in [0.15, 0.2) is 0 Å². The lowest BCUT2D eigenvalue weighted by atomic mass is 10.2. The van der Waals surface area contributed by atoms with Crippen molar-refractivity contribution in [3.63, 3.8) is 0 Å². The van der Waals surface area contributed by atoms with Crippen LogP contribution in [0.5, 0.6) is 0 Å². The van der Waals surface area contributed by atoms with E-state index in [0.29, 0.717) is 14.7 Å². The first-order valence-electron chi connectivity index (χ1n) is 9.63. The highest BCUT2D eigenvalue weighted by atomic mass is 32.3. The van der Waals surface area contributed by atoms with Crippen molar-refractivity contribution in [1.29, 1.82) is 0 Å². The Kier molecular flexibility index (Phi) is 7.13. The highest BCUT2D eigenvalue weighted by Gasteiger charge is 2.38. The van der Waals surface area contributed by atoms with Crippen LogP contribution in [0.15, 0.2) is 99.6 Å². The van der Waals surface area contributed by atoms with Gasteiger partial charge < -0.3 is 0 Å². The molecule has 0 radical (unpaired) electrons. The second-order valence-corrected chi connectivity index (χ2v) is 11.6. The normalized spacial score (nSPS) is 13.2. The van der Waals surface area contributed by atoms with Crippen LogP contribution in [0.3, 0.4) is 0 Å². The molecule has 0 aliphatic carbocycles. The highest BCUT2D eigenvalue weighted by molar-refractivity contribution is 8.33. The van der Waals surface area contributed by atoms with E-state index < -0.39 is 45.2 Å². The fourth-order valence-electron chi connectivity index (χ4n) is 3.12. The number of halogens is 3. The molecule has 0 saturated carbocycles. The molecule has 0 bridgehead atoms. The van der Waals surface area contributed by atoms with Crippen LogP contribution in [0.25, 0.3) is 0 Å². The molecule has 3 aromatic carbocycles. The number of hydrogen-bond donors (Lipinski definition) is 0. The SMILES string of the molecule is Cc1ccc(S(OS(=O)(=O)CCCC(F)(F)F)(c2ccccc2)c2ccccc2)cc1. The number of benzene rings is 3. The Hall–Kier alpha value is -2.29. The highest BCUT2D eigenvalue weighted by Crippen LogP contribution is 2.69. The van der Waals surface area contributed by atoms with Crippen molar-refractivity contribution in [2.45, 2.75) is 40.6 Å². The Morgan fingerprint density at radius 2 is 1.19 bits per heavy atom. The van der Waals surface area contributed by atoms with Gasteiger partial charge in [-0.05, 0) is 60.1 Å². The smallest absolute Gasteiger partial charge is 0.207 e. The monoisotopic (exact) mass is 468 g/mol. The maximum absolute atomic E-state index is 13.0. The zero-order valence-corrected chi connectivity index (χ0v) is 18.5. The number of aryl methyl sites for hydroxylation is 1. The second kappa shape index (κ2) is 9.46. The number of alkyl halides is 3. The molecule has 31 heavy (non-hydrogen) atoms. The van der Waals surface area contributed by atoms with Crippen LogP contribution in [0.1, 0.15) is 18.4 Å². The van der Waals surface area contributed by atoms with Crippen molar-refractivity contribution in [2.24, 2.45) is 0 Å². The van der Waals surface area contributed by atoms with Crippen molar-refractivity contribution >= 4 is 20.4 Å². The molecular weight excluding hydrogens is 445 g/mol. The molecule has 0 atom stereocenters. The van der Waals surface area contributed by atoms with E-state index in [1.807, 2.05) is 43.3 Å². The molecule has 0 saturated heterocycles. The first-order chi connectivity index (χ1) is 14.6. The average Bonchev–Trinajstić information content (AvgIpc) is 2.73. The summed E-state index contributed by atoms with van der Waals surface area (Å²) in [5.74, 6) is -0.715. The van der Waals surface area contributed by atoms with Gasteiger partial charge >= 0.3 is 6.18 Å². The molecule has 0 N–H and O–H groups in total. The molecule has 0 fully saturated rings. The summed E-state index contributed by atoms with van der Waals surface area (Å²) in [4.78, 5) is 1.93. The van der Waals surface area contributed by atoms with Crippen molar-refractivity contribution in [2.75, 3.05) is 5.75 Å². The predicted molar refractivity (Wildman–Crippen MR) is 117 cm³/mol. The Labute approximate surface area is 182 Å². The van der Waals surface area contributed by atoms with Crippen LogP contribution < -0.4 is 0 Å². The molecule has 3 rings (SSSR count). The summed E-state index contributed by atoms with van der Waals surface area (Å²) in [6.07, 6.45) is -6.16. The molecule has 0 amide bonds. The van der Waals surface area contributed by atoms with Gasteiger partial charge in [0.2, 0.25) is 0 Å². The first kappa shape index (κ1) is 23.4. The second-order valence-electron chi connectivity index (χ2n) is 7.04. The topological polar surface area (TPSA) is 43.4 Å². The largest absolute Gasteiger partial charge is 0.389 e. The Morgan fingerprint density at radius 1 is 0.742 bits per heavy atom. The maximum Gasteiger partial charge on any atom is 0.389 e. The van der Waals surface area contributed by atoms with E-state index >= 15 is 0 Å². The van der Waals surface area contributed by atoms with Crippen LogP contribution in [0, 0.1) is 6.92 Å². The zero-order chi connectivity index (χ0) is 22.5. The lowest BCUT2D eigenvalue weighted by Gasteiger charge is -2.39. The third-order valence-corrected chi connectivity index (χ3v) is 9.81. The molecule has 0 aromatic heterocycles. The van der Waals surface area contributed by atoms with Crippen LogP contribution in [0.2, 0.25) is 0 Å². The summed E-state index contributed by atoms with van der Waals surface area (Å²) >= 11 is 0. The van der Waals surface area contributed by atoms with E-state index in [2.05, 4.69) is 0 Å². The number of rotatable bonds is 8. The Morgan fingerprint density at radius 3 is 1.65 bits per heavy atom. The number of hydrogen-bond acceptors (Lipinski definition) is 3. The first-order valence-corrected chi connectivity index (χ1v) is 12.8. The van der Waals surface area contributed by atoms with Gasteiger partial charge in [-0.3, -0.25) is 0 Å². The minimum atomic E-state index is -4.42. The molecule has 3 aromatic rings. The summed E-state index contributed by atoms with van der Waals surface area (Å²) in [7, 11) is -7.02. The van der Waals surface area contributed by atoms with Crippen LogP contribution >= 0.6 is 10.3 Å². The zero-order valence-electron chi connectivity index (χ0n) is 16.9. The molecule has 0 aliphatic heterocycles. The van der Waals surface area contributed by atoms with Gasteiger partial charge in [-0.1, -0.05) is 54.1 Å². The van der Waals surface area contributed by atoms with Gasteiger partial charge in [-0.25, -0.2) is 3.63 Å². The van der Waals surface area contributed by atoms with Crippen molar-refractivity contribution in [3.8, 4) is 0 Å². The molecular formula is C23H23F3O3S2. The fraction of sp³-hybridized carbons (Fsp3) is 0.217. The molecule has 0 heterocycles. The van der Waals surface area contributed by atoms with E-state index in [9.17, 15) is 21.6 Å². The molecule has 166 valence electrons. The van der Waals surface area contributed by atoms with Crippen molar-refractivity contribution in [1.82, 2.24) is 0 Å². The van der Waals surface area contributed by atoms with Crippen molar-refractivity contribution in [3.05, 3.63) is 90.5 Å². The summed E-state index contributed by atoms with van der Waals surface area (Å²) in [5.41, 5.74) is 0.992. The summed E-state index contributed by atoms with van der Waals surface area (Å²) < 4.78 is 69.5. The van der Waals surface area contributed by atoms with Gasteiger partial charge in [-0.15, -0.1) is 0 Å². The third-order valence-electron chi connectivity index (χ3n) is 4.56. The van der Waals surface area contributed by atoms with Gasteiger partial charge in [-0.2, -0.15) is 21.6 Å². The van der Waals surface area contributed by atoms with Crippen LogP contribution in [-0.2, 0) is 13.7 Å². The standard InChI is InChI=1S/C23H23F3O3S2/c1-19-13-15-22(16-14-19)31(20-9-4-2-5-10-20,21-11-6-3-7-12-21)29-30(27,28)18-8-17-23(24,25)26/h2-7,9-16H,8,17-18H2,1H3. The molecule has 0 aliphatic rings. The van der Waals surface area contributed by atoms with Crippen molar-refractivity contribution < 1.29 is 25.2 Å².